The predicted octanol–water partition coefficient (Wildman–Crippen LogP) is 5.38. The molecule has 0 aliphatic carbocycles. The van der Waals surface area contributed by atoms with E-state index in [2.05, 4.69) is 50.5 Å². The van der Waals surface area contributed by atoms with E-state index >= 15 is 0 Å². The summed E-state index contributed by atoms with van der Waals surface area (Å²) in [6.07, 6.45) is 1.76. The van der Waals surface area contributed by atoms with E-state index in [1.807, 2.05) is 79.7 Å². The molecule has 0 fully saturated rings. The Morgan fingerprint density at radius 1 is 1.14 bits per heavy atom. The number of hydrogen-bond acceptors (Lipinski definition) is 7. The SMILES string of the molecule is CCOc1ccc([C@@H]2C(C(=O)Nc3ccccc3)=C(C)N=c3s/c(=C\c4cc(I)cc(I)c4OCC#N)c(=O)n32)cc1. The molecule has 1 aromatic heterocycles. The number of amides is 1. The van der Waals surface area contributed by atoms with Crippen LogP contribution in [0.3, 0.4) is 0 Å². The first-order valence-electron chi connectivity index (χ1n) is 12.9. The second kappa shape index (κ2) is 13.2. The average Bonchev–Trinajstić information content (AvgIpc) is 3.27. The number of nitrogens with one attached hydrogen (secondary N) is 1. The lowest BCUT2D eigenvalue weighted by Gasteiger charge is -2.25. The Morgan fingerprint density at radius 3 is 2.57 bits per heavy atom. The molecule has 1 aliphatic rings. The lowest BCUT2D eigenvalue weighted by Crippen LogP contribution is -2.40. The van der Waals surface area contributed by atoms with Gasteiger partial charge in [0, 0.05) is 14.8 Å². The number of anilines is 1. The topological polar surface area (TPSA) is 106 Å². The van der Waals surface area contributed by atoms with Crippen molar-refractivity contribution in [2.75, 3.05) is 18.5 Å². The Kier molecular flexibility index (Phi) is 9.44. The Morgan fingerprint density at radius 2 is 1.88 bits per heavy atom. The molecule has 1 N–H and O–H groups in total. The molecule has 0 saturated heterocycles. The number of halogens is 2. The van der Waals surface area contributed by atoms with Crippen LogP contribution < -0.4 is 29.7 Å². The van der Waals surface area contributed by atoms with E-state index in [0.717, 1.165) is 12.7 Å². The largest absolute Gasteiger partial charge is 0.494 e. The maximum Gasteiger partial charge on any atom is 0.271 e. The molecular formula is C31H24I2N4O4S. The highest BCUT2D eigenvalue weighted by Crippen LogP contribution is 2.32. The van der Waals surface area contributed by atoms with Crippen molar-refractivity contribution in [3.8, 4) is 17.6 Å². The third-order valence-electron chi connectivity index (χ3n) is 6.41. The number of benzene rings is 3. The zero-order chi connectivity index (χ0) is 29.8. The number of nitriles is 1. The molecule has 0 radical (unpaired) electrons. The smallest absolute Gasteiger partial charge is 0.271 e. The molecule has 2 heterocycles. The van der Waals surface area contributed by atoms with E-state index < -0.39 is 6.04 Å². The normalized spacial score (nSPS) is 14.5. The van der Waals surface area contributed by atoms with Crippen LogP contribution >= 0.6 is 56.5 Å². The van der Waals surface area contributed by atoms with Crippen LogP contribution in [0.2, 0.25) is 0 Å². The summed E-state index contributed by atoms with van der Waals surface area (Å²) in [6.45, 7) is 4.11. The molecule has 3 aromatic carbocycles. The van der Waals surface area contributed by atoms with Gasteiger partial charge in [0.1, 0.15) is 17.6 Å². The second-order valence-corrected chi connectivity index (χ2v) is 12.6. The fourth-order valence-corrected chi connectivity index (χ4v) is 7.73. The summed E-state index contributed by atoms with van der Waals surface area (Å²) in [5.41, 5.74) is 2.70. The molecule has 42 heavy (non-hydrogen) atoms. The summed E-state index contributed by atoms with van der Waals surface area (Å²) in [5, 5.41) is 12.0. The van der Waals surface area contributed by atoms with E-state index in [0.29, 0.717) is 50.0 Å². The van der Waals surface area contributed by atoms with Crippen LogP contribution in [0.25, 0.3) is 6.08 Å². The van der Waals surface area contributed by atoms with E-state index in [1.165, 1.54) is 11.3 Å². The number of thiazole rings is 1. The van der Waals surface area contributed by atoms with Gasteiger partial charge in [0.2, 0.25) is 0 Å². The minimum absolute atomic E-state index is 0.116. The average molecular weight is 802 g/mol. The number of carbonyl (C=O) groups is 1. The molecule has 0 unspecified atom stereocenters. The number of ether oxygens (including phenoxy) is 2. The van der Waals surface area contributed by atoms with Crippen LogP contribution in [-0.4, -0.2) is 23.7 Å². The summed E-state index contributed by atoms with van der Waals surface area (Å²) in [6, 6.07) is 21.7. The monoisotopic (exact) mass is 802 g/mol. The van der Waals surface area contributed by atoms with Gasteiger partial charge >= 0.3 is 0 Å². The molecule has 0 saturated carbocycles. The molecule has 0 spiro atoms. The number of hydrogen-bond donors (Lipinski definition) is 1. The molecule has 4 aromatic rings. The third-order valence-corrected chi connectivity index (χ3v) is 8.82. The van der Waals surface area contributed by atoms with E-state index in [9.17, 15) is 9.59 Å². The van der Waals surface area contributed by atoms with Gasteiger partial charge in [-0.3, -0.25) is 14.2 Å². The third kappa shape index (κ3) is 6.30. The number of aromatic nitrogens is 1. The minimum Gasteiger partial charge on any atom is -0.494 e. The Labute approximate surface area is 273 Å². The van der Waals surface area contributed by atoms with E-state index in [4.69, 9.17) is 19.7 Å². The number of nitrogens with zero attached hydrogens (tertiary/aromatic N) is 3. The zero-order valence-corrected chi connectivity index (χ0v) is 27.7. The van der Waals surface area contributed by atoms with Crippen molar-refractivity contribution in [2.24, 2.45) is 4.99 Å². The first-order valence-corrected chi connectivity index (χ1v) is 15.9. The van der Waals surface area contributed by atoms with Crippen LogP contribution in [0.5, 0.6) is 11.5 Å². The van der Waals surface area contributed by atoms with Crippen molar-refractivity contribution in [3.63, 3.8) is 0 Å². The molecule has 1 aliphatic heterocycles. The van der Waals surface area contributed by atoms with Gasteiger partial charge in [-0.1, -0.05) is 41.7 Å². The van der Waals surface area contributed by atoms with Crippen LogP contribution in [0.4, 0.5) is 5.69 Å². The quantitative estimate of drug-likeness (QED) is 0.241. The number of para-hydroxylation sites is 1. The second-order valence-electron chi connectivity index (χ2n) is 9.16. The van der Waals surface area contributed by atoms with E-state index in [1.54, 1.807) is 17.6 Å². The number of allylic oxidation sites excluding steroid dienone is 1. The highest BCUT2D eigenvalue weighted by Gasteiger charge is 2.32. The standard InChI is InChI=1S/C31H24I2N4O4S/c1-3-40-23-11-9-19(10-12-23)27-26(29(38)36-22-7-5-4-6-8-22)18(2)35-31-37(27)30(39)25(42-31)16-20-15-21(32)17-24(33)28(20)41-14-13-34/h4-12,15-17,27H,3,14H2,1-2H3,(H,36,38)/b25-16-/t27-/m1/s1. The summed E-state index contributed by atoms with van der Waals surface area (Å²) < 4.78 is 15.2. The van der Waals surface area contributed by atoms with Crippen molar-refractivity contribution in [1.82, 2.24) is 4.57 Å². The van der Waals surface area contributed by atoms with Crippen molar-refractivity contribution in [1.29, 1.82) is 5.26 Å². The fourth-order valence-electron chi connectivity index (χ4n) is 4.65. The van der Waals surface area contributed by atoms with Crippen LogP contribution in [0, 0.1) is 18.5 Å². The summed E-state index contributed by atoms with van der Waals surface area (Å²) >= 11 is 5.61. The molecule has 212 valence electrons. The lowest BCUT2D eigenvalue weighted by molar-refractivity contribution is -0.113. The van der Waals surface area contributed by atoms with Gasteiger partial charge in [-0.15, -0.1) is 0 Å². The highest BCUT2D eigenvalue weighted by atomic mass is 127. The van der Waals surface area contributed by atoms with Gasteiger partial charge in [0.25, 0.3) is 11.5 Å². The maximum absolute atomic E-state index is 14.1. The molecule has 5 rings (SSSR count). The Bertz CT molecular complexity index is 1910. The minimum atomic E-state index is -0.715. The van der Waals surface area contributed by atoms with Crippen LogP contribution in [0.15, 0.2) is 87.8 Å². The highest BCUT2D eigenvalue weighted by molar-refractivity contribution is 14.1. The van der Waals surface area contributed by atoms with Gasteiger partial charge in [0.15, 0.2) is 11.4 Å². The van der Waals surface area contributed by atoms with Crippen molar-refractivity contribution < 1.29 is 14.3 Å². The van der Waals surface area contributed by atoms with Gasteiger partial charge in [-0.05, 0) is 107 Å². The first kappa shape index (κ1) is 30.0. The van der Waals surface area contributed by atoms with Crippen LogP contribution in [-0.2, 0) is 4.79 Å². The molecule has 1 amide bonds. The molecule has 11 heteroatoms. The summed E-state index contributed by atoms with van der Waals surface area (Å²) in [4.78, 5) is 33.1. The molecular weight excluding hydrogens is 778 g/mol. The van der Waals surface area contributed by atoms with Crippen molar-refractivity contribution >= 4 is 74.2 Å². The van der Waals surface area contributed by atoms with E-state index in [-0.39, 0.29) is 18.1 Å². The first-order chi connectivity index (χ1) is 20.3. The molecule has 0 bridgehead atoms. The van der Waals surface area contributed by atoms with Gasteiger partial charge in [-0.2, -0.15) is 5.26 Å². The van der Waals surface area contributed by atoms with Gasteiger partial charge in [0.05, 0.1) is 32.0 Å². The Balaban J connectivity index is 1.68. The lowest BCUT2D eigenvalue weighted by atomic mass is 9.95. The predicted molar refractivity (Wildman–Crippen MR) is 179 cm³/mol. The maximum atomic E-state index is 14.1. The summed E-state index contributed by atoms with van der Waals surface area (Å²) in [7, 11) is 0. The fraction of sp³-hybridized carbons (Fsp3) is 0.161. The zero-order valence-electron chi connectivity index (χ0n) is 22.6. The summed E-state index contributed by atoms with van der Waals surface area (Å²) in [5.74, 6) is 0.892. The molecule has 1 atom stereocenters. The van der Waals surface area contributed by atoms with Crippen molar-refractivity contribution in [3.05, 3.63) is 116 Å². The van der Waals surface area contributed by atoms with Crippen LogP contribution in [0.1, 0.15) is 31.0 Å². The number of fused-ring (bicyclic) bond motifs is 1. The van der Waals surface area contributed by atoms with Gasteiger partial charge in [-0.25, -0.2) is 4.99 Å². The molecule has 8 nitrogen and oxygen atoms in total. The Hall–Kier alpha value is -3.48. The van der Waals surface area contributed by atoms with Crippen molar-refractivity contribution in [2.45, 2.75) is 19.9 Å². The number of rotatable bonds is 8. The van der Waals surface area contributed by atoms with Gasteiger partial charge < -0.3 is 14.8 Å². The number of carbonyl (C=O) groups excluding carboxylic acids is 1.